The third kappa shape index (κ3) is 5.49. The van der Waals surface area contributed by atoms with E-state index in [0.717, 1.165) is 19.3 Å². The normalized spacial score (nSPS) is 11.6. The standard InChI is InChI=1S/C8H15F2NO2/c1-2-3-4-5-6-7-8(9,10)11(12)13/h2-7H2,1H3. The summed E-state index contributed by atoms with van der Waals surface area (Å²) in [4.78, 5) is 8.29. The number of hydrogen-bond donors (Lipinski definition) is 0. The minimum absolute atomic E-state index is 0.230. The van der Waals surface area contributed by atoms with Gasteiger partial charge in [-0.1, -0.05) is 32.6 Å². The highest BCUT2D eigenvalue weighted by atomic mass is 19.3. The van der Waals surface area contributed by atoms with Gasteiger partial charge in [0.2, 0.25) is 0 Å². The Kier molecular flexibility index (Phi) is 5.50. The van der Waals surface area contributed by atoms with E-state index in [0.29, 0.717) is 6.42 Å². The molecule has 0 rings (SSSR count). The molecule has 0 spiro atoms. The van der Waals surface area contributed by atoms with Crippen LogP contribution in [0.3, 0.4) is 0 Å². The summed E-state index contributed by atoms with van der Waals surface area (Å²) in [5.74, 6) is 0. The van der Waals surface area contributed by atoms with E-state index in [9.17, 15) is 18.9 Å². The summed E-state index contributed by atoms with van der Waals surface area (Å²) < 4.78 is 24.7. The van der Waals surface area contributed by atoms with Gasteiger partial charge in [-0.3, -0.25) is 10.1 Å². The lowest BCUT2D eigenvalue weighted by Gasteiger charge is -2.06. The van der Waals surface area contributed by atoms with Crippen molar-refractivity contribution < 1.29 is 13.7 Å². The summed E-state index contributed by atoms with van der Waals surface area (Å²) in [5.41, 5.74) is 0. The molecule has 5 heteroatoms. The van der Waals surface area contributed by atoms with Gasteiger partial charge in [0.05, 0.1) is 11.3 Å². The first-order valence-electron chi connectivity index (χ1n) is 4.53. The van der Waals surface area contributed by atoms with Gasteiger partial charge in [-0.25, -0.2) is 0 Å². The molecule has 0 aliphatic rings. The number of hydrogen-bond acceptors (Lipinski definition) is 2. The monoisotopic (exact) mass is 195 g/mol. The van der Waals surface area contributed by atoms with Crippen molar-refractivity contribution >= 4 is 0 Å². The van der Waals surface area contributed by atoms with Crippen LogP contribution >= 0.6 is 0 Å². The summed E-state index contributed by atoms with van der Waals surface area (Å²) in [6, 6.07) is -3.73. The van der Waals surface area contributed by atoms with Gasteiger partial charge >= 0.3 is 6.05 Å². The Hall–Kier alpha value is -0.740. The van der Waals surface area contributed by atoms with Gasteiger partial charge in [0.1, 0.15) is 0 Å². The zero-order chi connectivity index (χ0) is 10.3. The van der Waals surface area contributed by atoms with Crippen LogP contribution in [0.1, 0.15) is 45.4 Å². The van der Waals surface area contributed by atoms with Crippen LogP contribution in [0.5, 0.6) is 0 Å². The van der Waals surface area contributed by atoms with Crippen molar-refractivity contribution in [2.45, 2.75) is 51.5 Å². The second-order valence-corrected chi connectivity index (χ2v) is 3.09. The topological polar surface area (TPSA) is 43.1 Å². The summed E-state index contributed by atoms with van der Waals surface area (Å²) >= 11 is 0. The summed E-state index contributed by atoms with van der Waals surface area (Å²) in [6.07, 6.45) is 3.16. The van der Waals surface area contributed by atoms with Crippen molar-refractivity contribution in [2.75, 3.05) is 0 Å². The lowest BCUT2D eigenvalue weighted by atomic mass is 10.1. The maximum absolute atomic E-state index is 12.4. The SMILES string of the molecule is CCCCCCCC(F)(F)[N+](=O)[O-]. The van der Waals surface area contributed by atoms with Crippen molar-refractivity contribution in [3.63, 3.8) is 0 Å². The fourth-order valence-corrected chi connectivity index (χ4v) is 1.03. The first-order valence-corrected chi connectivity index (χ1v) is 4.53. The van der Waals surface area contributed by atoms with E-state index in [1.54, 1.807) is 0 Å². The molecule has 0 aliphatic heterocycles. The molecule has 0 aromatic carbocycles. The van der Waals surface area contributed by atoms with Crippen molar-refractivity contribution in [1.82, 2.24) is 0 Å². The van der Waals surface area contributed by atoms with Crippen LogP contribution in [0.15, 0.2) is 0 Å². The van der Waals surface area contributed by atoms with E-state index >= 15 is 0 Å². The van der Waals surface area contributed by atoms with E-state index < -0.39 is 17.4 Å². The van der Waals surface area contributed by atoms with Gasteiger partial charge in [-0.05, 0) is 6.42 Å². The highest BCUT2D eigenvalue weighted by Crippen LogP contribution is 2.22. The molecule has 13 heavy (non-hydrogen) atoms. The Morgan fingerprint density at radius 1 is 1.23 bits per heavy atom. The minimum atomic E-state index is -3.73. The Morgan fingerprint density at radius 2 is 1.77 bits per heavy atom. The molecule has 0 amide bonds. The molecule has 0 aliphatic carbocycles. The highest BCUT2D eigenvalue weighted by molar-refractivity contribution is 4.52. The summed E-state index contributed by atoms with van der Waals surface area (Å²) in [5, 5.41) is 9.80. The first kappa shape index (κ1) is 12.3. The van der Waals surface area contributed by atoms with Gasteiger partial charge in [0.25, 0.3) is 0 Å². The summed E-state index contributed by atoms with van der Waals surface area (Å²) in [6.45, 7) is 2.02. The van der Waals surface area contributed by atoms with Crippen molar-refractivity contribution in [3.8, 4) is 0 Å². The molecule has 0 saturated carbocycles. The first-order chi connectivity index (χ1) is 6.00. The predicted octanol–water partition coefficient (Wildman–Crippen LogP) is 3.22. The van der Waals surface area contributed by atoms with Crippen LogP contribution < -0.4 is 0 Å². The van der Waals surface area contributed by atoms with Gasteiger partial charge < -0.3 is 0 Å². The van der Waals surface area contributed by atoms with Crippen LogP contribution in [-0.2, 0) is 0 Å². The van der Waals surface area contributed by atoms with Crippen LogP contribution in [0, 0.1) is 10.1 Å². The van der Waals surface area contributed by atoms with Crippen LogP contribution in [-0.4, -0.2) is 11.0 Å². The zero-order valence-electron chi connectivity index (χ0n) is 7.76. The lowest BCUT2D eigenvalue weighted by Crippen LogP contribution is -2.27. The molecular formula is C8H15F2NO2. The molecule has 0 fully saturated rings. The Labute approximate surface area is 76.3 Å². The average molecular weight is 195 g/mol. The second kappa shape index (κ2) is 5.83. The third-order valence-corrected chi connectivity index (χ3v) is 1.85. The number of rotatable bonds is 7. The zero-order valence-corrected chi connectivity index (χ0v) is 7.76. The Balaban J connectivity index is 3.46. The maximum Gasteiger partial charge on any atom is 0.510 e. The van der Waals surface area contributed by atoms with Crippen LogP contribution in [0.4, 0.5) is 8.78 Å². The summed E-state index contributed by atoms with van der Waals surface area (Å²) in [7, 11) is 0. The fourth-order valence-electron chi connectivity index (χ4n) is 1.03. The van der Waals surface area contributed by atoms with Gasteiger partial charge in [0, 0.05) is 0 Å². The van der Waals surface area contributed by atoms with Gasteiger partial charge in [-0.2, -0.15) is 0 Å². The molecule has 78 valence electrons. The van der Waals surface area contributed by atoms with Crippen molar-refractivity contribution in [3.05, 3.63) is 10.1 Å². The number of halogens is 2. The predicted molar refractivity (Wildman–Crippen MR) is 45.3 cm³/mol. The third-order valence-electron chi connectivity index (χ3n) is 1.85. The van der Waals surface area contributed by atoms with Crippen molar-refractivity contribution in [2.24, 2.45) is 0 Å². The van der Waals surface area contributed by atoms with E-state index in [1.165, 1.54) is 0 Å². The molecule has 0 saturated heterocycles. The molecule has 0 bridgehead atoms. The molecule has 0 radical (unpaired) electrons. The second-order valence-electron chi connectivity index (χ2n) is 3.09. The maximum atomic E-state index is 12.4. The molecule has 0 aromatic rings. The molecule has 0 aromatic heterocycles. The average Bonchev–Trinajstić information content (AvgIpc) is 2.03. The Bertz CT molecular complexity index is 162. The number of nitro groups is 1. The van der Waals surface area contributed by atoms with E-state index in [4.69, 9.17) is 0 Å². The van der Waals surface area contributed by atoms with E-state index in [2.05, 4.69) is 0 Å². The minimum Gasteiger partial charge on any atom is -0.259 e. The van der Waals surface area contributed by atoms with E-state index in [1.807, 2.05) is 6.92 Å². The molecule has 0 unspecified atom stereocenters. The smallest absolute Gasteiger partial charge is 0.259 e. The fraction of sp³-hybridized carbons (Fsp3) is 1.00. The molecule has 0 N–H and O–H groups in total. The van der Waals surface area contributed by atoms with Crippen LogP contribution in [0.2, 0.25) is 0 Å². The quantitative estimate of drug-likeness (QED) is 0.271. The van der Waals surface area contributed by atoms with Gasteiger partial charge in [-0.15, -0.1) is 8.78 Å². The largest absolute Gasteiger partial charge is 0.510 e. The van der Waals surface area contributed by atoms with Crippen LogP contribution in [0.25, 0.3) is 0 Å². The molecule has 0 heterocycles. The Morgan fingerprint density at radius 3 is 2.23 bits per heavy atom. The highest BCUT2D eigenvalue weighted by Gasteiger charge is 2.42. The van der Waals surface area contributed by atoms with Crippen molar-refractivity contribution in [1.29, 1.82) is 0 Å². The molecule has 0 atom stereocenters. The van der Waals surface area contributed by atoms with Gasteiger partial charge in [0.15, 0.2) is 0 Å². The van der Waals surface area contributed by atoms with E-state index in [-0.39, 0.29) is 6.42 Å². The lowest BCUT2D eigenvalue weighted by molar-refractivity contribution is -0.645. The number of alkyl halides is 2. The molecular weight excluding hydrogens is 180 g/mol. The molecule has 3 nitrogen and oxygen atoms in total. The number of unbranched alkanes of at least 4 members (excludes halogenated alkanes) is 4. The number of nitrogens with zero attached hydrogens (tertiary/aromatic N) is 1.